The first-order valence-electron chi connectivity index (χ1n) is 10.9. The Morgan fingerprint density at radius 2 is 2.17 bits per heavy atom. The number of aromatic nitrogens is 3. The van der Waals surface area contributed by atoms with Gasteiger partial charge in [-0.15, -0.1) is 11.3 Å². The van der Waals surface area contributed by atoms with E-state index < -0.39 is 5.41 Å². The summed E-state index contributed by atoms with van der Waals surface area (Å²) in [6.45, 7) is 8.61. The second-order valence-corrected chi connectivity index (χ2v) is 10.4. The van der Waals surface area contributed by atoms with Crippen molar-refractivity contribution >= 4 is 23.2 Å². The van der Waals surface area contributed by atoms with E-state index in [1.807, 2.05) is 28.4 Å². The summed E-state index contributed by atoms with van der Waals surface area (Å²) in [6, 6.07) is 0.316. The number of hydrogen-bond acceptors (Lipinski definition) is 5. The van der Waals surface area contributed by atoms with Gasteiger partial charge >= 0.3 is 0 Å². The molecule has 2 amide bonds. The van der Waals surface area contributed by atoms with Gasteiger partial charge in [0, 0.05) is 49.1 Å². The van der Waals surface area contributed by atoms with Crippen LogP contribution in [0.15, 0.2) is 17.9 Å². The van der Waals surface area contributed by atoms with Crippen molar-refractivity contribution in [3.05, 3.63) is 34.3 Å². The van der Waals surface area contributed by atoms with Gasteiger partial charge < -0.3 is 14.4 Å². The highest BCUT2D eigenvalue weighted by atomic mass is 32.1. The molecular formula is C22H29N5O2S. The molecule has 3 fully saturated rings. The summed E-state index contributed by atoms with van der Waals surface area (Å²) in [4.78, 5) is 39.7. The Kier molecular flexibility index (Phi) is 4.72. The van der Waals surface area contributed by atoms with Gasteiger partial charge in [-0.3, -0.25) is 9.59 Å². The Balaban J connectivity index is 1.44. The summed E-state index contributed by atoms with van der Waals surface area (Å²) in [7, 11) is 0. The molecule has 7 nitrogen and oxygen atoms in total. The predicted octanol–water partition coefficient (Wildman–Crippen LogP) is 2.98. The molecule has 4 heterocycles. The van der Waals surface area contributed by atoms with Gasteiger partial charge in [0.15, 0.2) is 0 Å². The largest absolute Gasteiger partial charge is 0.341 e. The van der Waals surface area contributed by atoms with Gasteiger partial charge in [0.05, 0.1) is 34.7 Å². The number of thiazole rings is 1. The molecular weight excluding hydrogens is 398 g/mol. The number of aryl methyl sites for hydroxylation is 1. The van der Waals surface area contributed by atoms with Crippen LogP contribution in [-0.2, 0) is 16.1 Å². The third-order valence-electron chi connectivity index (χ3n) is 6.92. The van der Waals surface area contributed by atoms with Gasteiger partial charge in [-0.05, 0) is 40.0 Å². The van der Waals surface area contributed by atoms with Crippen molar-refractivity contribution in [2.45, 2.75) is 58.5 Å². The molecule has 0 radical (unpaired) electrons. The summed E-state index contributed by atoms with van der Waals surface area (Å²) < 4.78 is 2.09. The first-order valence-corrected chi connectivity index (χ1v) is 11.8. The van der Waals surface area contributed by atoms with Gasteiger partial charge in [-0.1, -0.05) is 0 Å². The van der Waals surface area contributed by atoms with Crippen LogP contribution in [0.25, 0.3) is 0 Å². The quantitative estimate of drug-likeness (QED) is 0.735. The third-order valence-corrected chi connectivity index (χ3v) is 7.74. The molecule has 0 bridgehead atoms. The Labute approximate surface area is 181 Å². The van der Waals surface area contributed by atoms with Crippen molar-refractivity contribution in [3.8, 4) is 0 Å². The zero-order valence-corrected chi connectivity index (χ0v) is 18.7. The summed E-state index contributed by atoms with van der Waals surface area (Å²) >= 11 is 1.62. The fraction of sp³-hybridized carbons (Fsp3) is 0.636. The number of carbonyl (C=O) groups excluding carboxylic acids is 2. The summed E-state index contributed by atoms with van der Waals surface area (Å²) in [5.74, 6) is 0.499. The van der Waals surface area contributed by atoms with E-state index in [1.54, 1.807) is 11.3 Å². The summed E-state index contributed by atoms with van der Waals surface area (Å²) in [6.07, 6.45) is 6.66. The van der Waals surface area contributed by atoms with Crippen LogP contribution in [0.1, 0.15) is 61.5 Å². The van der Waals surface area contributed by atoms with Crippen LogP contribution in [0.4, 0.5) is 0 Å². The monoisotopic (exact) mass is 427 g/mol. The van der Waals surface area contributed by atoms with E-state index in [0.717, 1.165) is 35.7 Å². The Morgan fingerprint density at radius 3 is 2.80 bits per heavy atom. The molecule has 2 unspecified atom stereocenters. The minimum Gasteiger partial charge on any atom is -0.341 e. The molecule has 2 aromatic rings. The topological polar surface area (TPSA) is 71.3 Å². The van der Waals surface area contributed by atoms with Crippen molar-refractivity contribution in [1.82, 2.24) is 24.3 Å². The smallest absolute Gasteiger partial charge is 0.231 e. The lowest BCUT2D eigenvalue weighted by atomic mass is 9.75. The Bertz CT molecular complexity index is 978. The molecule has 0 aromatic carbocycles. The van der Waals surface area contributed by atoms with E-state index in [2.05, 4.69) is 34.6 Å². The molecule has 1 spiro atoms. The van der Waals surface area contributed by atoms with Crippen LogP contribution < -0.4 is 0 Å². The molecule has 0 N–H and O–H groups in total. The summed E-state index contributed by atoms with van der Waals surface area (Å²) in [5.41, 5.74) is 1.33. The van der Waals surface area contributed by atoms with E-state index in [-0.39, 0.29) is 23.7 Å². The molecule has 2 saturated heterocycles. The molecule has 8 heteroatoms. The number of amides is 2. The maximum absolute atomic E-state index is 13.7. The van der Waals surface area contributed by atoms with Crippen LogP contribution in [0.5, 0.6) is 0 Å². The number of carbonyl (C=O) groups is 2. The maximum atomic E-state index is 13.7. The van der Waals surface area contributed by atoms with Crippen molar-refractivity contribution < 1.29 is 9.59 Å². The number of likely N-dealkylation sites (tertiary alicyclic amines) is 2. The number of hydrogen-bond donors (Lipinski definition) is 0. The van der Waals surface area contributed by atoms with E-state index in [0.29, 0.717) is 32.2 Å². The molecule has 30 heavy (non-hydrogen) atoms. The predicted molar refractivity (Wildman–Crippen MR) is 114 cm³/mol. The molecule has 1 saturated carbocycles. The normalized spacial score (nSPS) is 26.5. The standard InChI is InChI=1S/C22H29N5O2S/c1-14(2)27-10-19(23-13-27)18-9-26(20(28)16-4-5-16)12-22(18)6-7-25(21(22)29)8-17-11-30-15(3)24-17/h10-11,13-14,16,18H,4-9,12H2,1-3H3. The van der Waals surface area contributed by atoms with Gasteiger partial charge in [0.2, 0.25) is 11.8 Å². The van der Waals surface area contributed by atoms with Crippen LogP contribution >= 0.6 is 11.3 Å². The van der Waals surface area contributed by atoms with Crippen LogP contribution in [-0.4, -0.2) is 55.8 Å². The van der Waals surface area contributed by atoms with Gasteiger partial charge in [0.25, 0.3) is 0 Å². The molecule has 2 aliphatic heterocycles. The lowest BCUT2D eigenvalue weighted by Crippen LogP contribution is -2.40. The van der Waals surface area contributed by atoms with Crippen molar-refractivity contribution in [2.24, 2.45) is 11.3 Å². The number of nitrogens with zero attached hydrogens (tertiary/aromatic N) is 5. The van der Waals surface area contributed by atoms with Crippen LogP contribution in [0.2, 0.25) is 0 Å². The minimum atomic E-state index is -0.564. The second-order valence-electron chi connectivity index (χ2n) is 9.38. The van der Waals surface area contributed by atoms with Gasteiger partial charge in [-0.2, -0.15) is 0 Å². The first kappa shape index (κ1) is 19.7. The Morgan fingerprint density at radius 1 is 1.37 bits per heavy atom. The van der Waals surface area contributed by atoms with Crippen molar-refractivity contribution in [2.75, 3.05) is 19.6 Å². The average Bonchev–Trinajstić information content (AvgIpc) is 3.05. The SMILES string of the molecule is Cc1nc(CN2CCC3(CN(C(=O)C4CC4)CC3c3cn(C(C)C)cn3)C2=O)cs1. The fourth-order valence-electron chi connectivity index (χ4n) is 5.01. The Hall–Kier alpha value is -2.22. The molecule has 3 aliphatic rings. The third kappa shape index (κ3) is 3.25. The molecule has 5 rings (SSSR count). The minimum absolute atomic E-state index is 0.0464. The lowest BCUT2D eigenvalue weighted by molar-refractivity contribution is -0.137. The highest BCUT2D eigenvalue weighted by molar-refractivity contribution is 7.09. The highest BCUT2D eigenvalue weighted by Crippen LogP contribution is 2.51. The number of rotatable bonds is 5. The summed E-state index contributed by atoms with van der Waals surface area (Å²) in [5, 5.41) is 3.05. The highest BCUT2D eigenvalue weighted by Gasteiger charge is 2.59. The van der Waals surface area contributed by atoms with Crippen molar-refractivity contribution in [1.29, 1.82) is 0 Å². The fourth-order valence-corrected chi connectivity index (χ4v) is 5.62. The lowest BCUT2D eigenvalue weighted by Gasteiger charge is -2.27. The maximum Gasteiger partial charge on any atom is 0.231 e. The van der Waals surface area contributed by atoms with Gasteiger partial charge in [-0.25, -0.2) is 9.97 Å². The number of imidazole rings is 1. The van der Waals surface area contributed by atoms with Crippen LogP contribution in [0.3, 0.4) is 0 Å². The zero-order valence-electron chi connectivity index (χ0n) is 17.9. The van der Waals surface area contributed by atoms with E-state index in [1.165, 1.54) is 0 Å². The average molecular weight is 428 g/mol. The second kappa shape index (κ2) is 7.18. The van der Waals surface area contributed by atoms with E-state index in [9.17, 15) is 9.59 Å². The first-order chi connectivity index (χ1) is 14.4. The van der Waals surface area contributed by atoms with E-state index in [4.69, 9.17) is 0 Å². The molecule has 2 atom stereocenters. The van der Waals surface area contributed by atoms with Crippen LogP contribution in [0, 0.1) is 18.3 Å². The molecule has 160 valence electrons. The van der Waals surface area contributed by atoms with Gasteiger partial charge in [0.1, 0.15) is 0 Å². The van der Waals surface area contributed by atoms with E-state index >= 15 is 0 Å². The molecule has 1 aliphatic carbocycles. The zero-order chi connectivity index (χ0) is 21.0. The molecule has 2 aromatic heterocycles. The van der Waals surface area contributed by atoms with Crippen molar-refractivity contribution in [3.63, 3.8) is 0 Å².